The van der Waals surface area contributed by atoms with Gasteiger partial charge in [-0.25, -0.2) is 8.42 Å². The maximum atomic E-state index is 13.1. The van der Waals surface area contributed by atoms with E-state index in [-0.39, 0.29) is 23.0 Å². The lowest BCUT2D eigenvalue weighted by Gasteiger charge is -2.31. The van der Waals surface area contributed by atoms with Crippen LogP contribution in [0.5, 0.6) is 5.75 Å². The number of nitrogens with zero attached hydrogens (tertiary/aromatic N) is 2. The molecule has 160 valence electrons. The number of piperidine rings is 1. The van der Waals surface area contributed by atoms with Gasteiger partial charge in [0.25, 0.3) is 5.69 Å². The molecule has 1 fully saturated rings. The van der Waals surface area contributed by atoms with E-state index in [9.17, 15) is 23.3 Å². The molecule has 0 spiro atoms. The maximum absolute atomic E-state index is 13.1. The first-order valence-corrected chi connectivity index (χ1v) is 10.9. The fourth-order valence-corrected chi connectivity index (χ4v) is 5.09. The van der Waals surface area contributed by atoms with Crippen LogP contribution in [0.4, 0.5) is 11.4 Å². The van der Waals surface area contributed by atoms with E-state index in [2.05, 4.69) is 5.32 Å². The number of nitro groups is 1. The highest BCUT2D eigenvalue weighted by Crippen LogP contribution is 2.28. The Hall–Kier alpha value is -2.98. The first-order chi connectivity index (χ1) is 14.2. The molecule has 1 atom stereocenters. The fourth-order valence-electron chi connectivity index (χ4n) is 3.48. The van der Waals surface area contributed by atoms with E-state index < -0.39 is 20.9 Å². The Labute approximate surface area is 174 Å². The Kier molecular flexibility index (Phi) is 6.37. The number of sulfonamides is 1. The molecule has 10 heteroatoms. The lowest BCUT2D eigenvalue weighted by atomic mass is 9.98. The molecule has 0 radical (unpaired) electrons. The largest absolute Gasteiger partial charge is 0.496 e. The van der Waals surface area contributed by atoms with Gasteiger partial charge < -0.3 is 10.1 Å². The molecule has 0 unspecified atom stereocenters. The summed E-state index contributed by atoms with van der Waals surface area (Å²) in [5.74, 6) is -0.310. The number of hydrogen-bond acceptors (Lipinski definition) is 6. The second-order valence-corrected chi connectivity index (χ2v) is 9.07. The number of aryl methyl sites for hydroxylation is 1. The van der Waals surface area contributed by atoms with Crippen LogP contribution in [0, 0.1) is 23.0 Å². The lowest BCUT2D eigenvalue weighted by molar-refractivity contribution is -0.384. The normalized spacial score (nSPS) is 17.3. The third-order valence-electron chi connectivity index (χ3n) is 5.08. The molecular formula is C20H23N3O6S. The zero-order valence-corrected chi connectivity index (χ0v) is 17.5. The highest BCUT2D eigenvalue weighted by Gasteiger charge is 2.33. The maximum Gasteiger partial charge on any atom is 0.271 e. The third kappa shape index (κ3) is 4.60. The molecule has 1 aliphatic rings. The number of amides is 1. The van der Waals surface area contributed by atoms with E-state index in [1.54, 1.807) is 25.1 Å². The van der Waals surface area contributed by atoms with Gasteiger partial charge in [0.1, 0.15) is 5.75 Å². The summed E-state index contributed by atoms with van der Waals surface area (Å²) in [4.78, 5) is 23.2. The van der Waals surface area contributed by atoms with E-state index in [4.69, 9.17) is 4.74 Å². The lowest BCUT2D eigenvalue weighted by Crippen LogP contribution is -2.43. The number of hydrogen-bond donors (Lipinski definition) is 1. The van der Waals surface area contributed by atoms with Gasteiger partial charge in [-0.15, -0.1) is 0 Å². The van der Waals surface area contributed by atoms with Gasteiger partial charge >= 0.3 is 0 Å². The van der Waals surface area contributed by atoms with Gasteiger partial charge in [0.2, 0.25) is 15.9 Å². The standard InChI is InChI=1S/C20H23N3O6S/c1-14-11-18(8-9-19(14)29-2)30(27,28)22-10-4-5-15(13-22)20(24)21-16-6-3-7-17(12-16)23(25)26/h3,6-9,11-12,15H,4-5,10,13H2,1-2H3,(H,21,24)/t15-/m0/s1. The second kappa shape index (κ2) is 8.80. The Morgan fingerprint density at radius 2 is 2.03 bits per heavy atom. The van der Waals surface area contributed by atoms with Crippen LogP contribution in [0.2, 0.25) is 0 Å². The number of benzene rings is 2. The van der Waals surface area contributed by atoms with Crippen molar-refractivity contribution in [1.82, 2.24) is 4.31 Å². The molecule has 0 bridgehead atoms. The van der Waals surface area contributed by atoms with Gasteiger partial charge in [0.15, 0.2) is 0 Å². The summed E-state index contributed by atoms with van der Waals surface area (Å²) in [5, 5.41) is 13.6. The van der Waals surface area contributed by atoms with Crippen molar-refractivity contribution in [3.05, 3.63) is 58.1 Å². The molecule has 0 aromatic heterocycles. The van der Waals surface area contributed by atoms with Crippen LogP contribution in [0.15, 0.2) is 47.4 Å². The number of carbonyl (C=O) groups is 1. The van der Waals surface area contributed by atoms with Crippen molar-refractivity contribution < 1.29 is 22.9 Å². The number of methoxy groups -OCH3 is 1. The summed E-state index contributed by atoms with van der Waals surface area (Å²) in [6.45, 7) is 2.14. The first-order valence-electron chi connectivity index (χ1n) is 9.42. The number of carbonyl (C=O) groups excluding carboxylic acids is 1. The molecule has 0 aliphatic carbocycles. The monoisotopic (exact) mass is 433 g/mol. The van der Waals surface area contributed by atoms with Crippen molar-refractivity contribution >= 4 is 27.3 Å². The Balaban J connectivity index is 1.74. The summed E-state index contributed by atoms with van der Waals surface area (Å²) in [6.07, 6.45) is 1.08. The van der Waals surface area contributed by atoms with E-state index in [1.807, 2.05) is 0 Å². The van der Waals surface area contributed by atoms with Crippen molar-refractivity contribution in [2.45, 2.75) is 24.7 Å². The van der Waals surface area contributed by atoms with Gasteiger partial charge in [-0.2, -0.15) is 4.31 Å². The molecule has 1 N–H and O–H groups in total. The van der Waals surface area contributed by atoms with Gasteiger partial charge in [-0.3, -0.25) is 14.9 Å². The van der Waals surface area contributed by atoms with Crippen LogP contribution in [-0.2, 0) is 14.8 Å². The second-order valence-electron chi connectivity index (χ2n) is 7.13. The molecule has 2 aromatic carbocycles. The highest BCUT2D eigenvalue weighted by atomic mass is 32.2. The van der Waals surface area contributed by atoms with Gasteiger partial charge in [0, 0.05) is 30.9 Å². The smallest absolute Gasteiger partial charge is 0.271 e. The molecule has 0 saturated carbocycles. The van der Waals surface area contributed by atoms with Gasteiger partial charge in [0.05, 0.1) is 22.8 Å². The predicted molar refractivity (Wildman–Crippen MR) is 111 cm³/mol. The quantitative estimate of drug-likeness (QED) is 0.553. The van der Waals surface area contributed by atoms with Gasteiger partial charge in [-0.05, 0) is 49.6 Å². The first kappa shape index (κ1) is 21.7. The number of rotatable bonds is 6. The van der Waals surface area contributed by atoms with E-state index >= 15 is 0 Å². The molecule has 1 saturated heterocycles. The SMILES string of the molecule is COc1ccc(S(=O)(=O)N2CCC[C@H](C(=O)Nc3cccc([N+](=O)[O-])c3)C2)cc1C. The van der Waals surface area contributed by atoms with Crippen molar-refractivity contribution in [1.29, 1.82) is 0 Å². The molecule has 2 aromatic rings. The summed E-state index contributed by atoms with van der Waals surface area (Å²) in [7, 11) is -2.24. The van der Waals surface area contributed by atoms with Crippen LogP contribution in [0.1, 0.15) is 18.4 Å². The Bertz CT molecular complexity index is 1070. The van der Waals surface area contributed by atoms with E-state index in [0.29, 0.717) is 36.4 Å². The fraction of sp³-hybridized carbons (Fsp3) is 0.350. The van der Waals surface area contributed by atoms with E-state index in [0.717, 1.165) is 0 Å². The predicted octanol–water partition coefficient (Wildman–Crippen LogP) is 2.95. The summed E-state index contributed by atoms with van der Waals surface area (Å²) in [5.41, 5.74) is 0.881. The zero-order chi connectivity index (χ0) is 21.9. The van der Waals surface area contributed by atoms with Crippen LogP contribution in [0.25, 0.3) is 0 Å². The summed E-state index contributed by atoms with van der Waals surface area (Å²) >= 11 is 0. The van der Waals surface area contributed by atoms with Crippen molar-refractivity contribution in [2.24, 2.45) is 5.92 Å². The van der Waals surface area contributed by atoms with Crippen LogP contribution in [-0.4, -0.2) is 43.8 Å². The number of nitro benzene ring substituents is 1. The number of ether oxygens (including phenoxy) is 1. The molecule has 9 nitrogen and oxygen atoms in total. The molecule has 1 aliphatic heterocycles. The summed E-state index contributed by atoms with van der Waals surface area (Å²) in [6, 6.07) is 10.3. The van der Waals surface area contributed by atoms with Crippen LogP contribution in [0.3, 0.4) is 0 Å². The molecule has 3 rings (SSSR count). The van der Waals surface area contributed by atoms with Crippen molar-refractivity contribution in [3.63, 3.8) is 0 Å². The average molecular weight is 433 g/mol. The van der Waals surface area contributed by atoms with Crippen LogP contribution < -0.4 is 10.1 Å². The Morgan fingerprint density at radius 3 is 2.70 bits per heavy atom. The zero-order valence-electron chi connectivity index (χ0n) is 16.7. The minimum absolute atomic E-state index is 0.0498. The molecule has 1 amide bonds. The Morgan fingerprint density at radius 1 is 1.27 bits per heavy atom. The topological polar surface area (TPSA) is 119 Å². The van der Waals surface area contributed by atoms with Gasteiger partial charge in [-0.1, -0.05) is 6.07 Å². The third-order valence-corrected chi connectivity index (χ3v) is 6.94. The number of anilines is 1. The number of nitrogens with one attached hydrogen (secondary N) is 1. The minimum atomic E-state index is -3.76. The number of non-ortho nitro benzene ring substituents is 1. The molecular weight excluding hydrogens is 410 g/mol. The average Bonchev–Trinajstić information content (AvgIpc) is 2.74. The van der Waals surface area contributed by atoms with Crippen molar-refractivity contribution in [3.8, 4) is 5.75 Å². The molecule has 1 heterocycles. The van der Waals surface area contributed by atoms with Crippen LogP contribution >= 0.6 is 0 Å². The molecule has 30 heavy (non-hydrogen) atoms. The minimum Gasteiger partial charge on any atom is -0.496 e. The van der Waals surface area contributed by atoms with E-state index in [1.165, 1.54) is 35.7 Å². The summed E-state index contributed by atoms with van der Waals surface area (Å²) < 4.78 is 32.6. The highest BCUT2D eigenvalue weighted by molar-refractivity contribution is 7.89. The van der Waals surface area contributed by atoms with Crippen molar-refractivity contribution in [2.75, 3.05) is 25.5 Å².